The van der Waals surface area contributed by atoms with E-state index >= 15 is 0 Å². The molecule has 7 heteroatoms. The normalized spacial score (nSPS) is 18.9. The molecule has 2 amide bonds. The second-order valence-electron chi connectivity index (χ2n) is 6.22. The number of nitrogens with one attached hydrogen (secondary N) is 3. The van der Waals surface area contributed by atoms with Gasteiger partial charge in [0, 0.05) is 23.7 Å². The molecule has 0 radical (unpaired) electrons. The number of aromatic nitrogens is 2. The van der Waals surface area contributed by atoms with E-state index in [1.165, 1.54) is 0 Å². The third-order valence-corrected chi connectivity index (χ3v) is 4.41. The summed E-state index contributed by atoms with van der Waals surface area (Å²) in [7, 11) is 0. The molecule has 0 saturated carbocycles. The Morgan fingerprint density at radius 2 is 2.29 bits per heavy atom. The zero-order valence-electron chi connectivity index (χ0n) is 13.3. The largest absolute Gasteiger partial charge is 0.482 e. The summed E-state index contributed by atoms with van der Waals surface area (Å²) in [5, 5.41) is 5.67. The summed E-state index contributed by atoms with van der Waals surface area (Å²) >= 11 is 0. The van der Waals surface area contributed by atoms with E-state index in [1.54, 1.807) is 18.2 Å². The van der Waals surface area contributed by atoms with Gasteiger partial charge in [-0.1, -0.05) is 0 Å². The van der Waals surface area contributed by atoms with Crippen molar-refractivity contribution in [1.82, 2.24) is 9.97 Å². The lowest BCUT2D eigenvalue weighted by molar-refractivity contribution is -0.120. The van der Waals surface area contributed by atoms with Crippen LogP contribution in [0.1, 0.15) is 23.6 Å². The summed E-state index contributed by atoms with van der Waals surface area (Å²) in [5.41, 5.74) is 3.37. The van der Waals surface area contributed by atoms with Gasteiger partial charge in [0.2, 0.25) is 5.91 Å². The molecule has 0 bridgehead atoms. The number of fused-ring (bicyclic) bond motifs is 2. The molecule has 1 aliphatic heterocycles. The van der Waals surface area contributed by atoms with E-state index in [1.807, 2.05) is 6.92 Å². The van der Waals surface area contributed by atoms with E-state index < -0.39 is 0 Å². The summed E-state index contributed by atoms with van der Waals surface area (Å²) in [5.74, 6) is 1.21. The Hall–Kier alpha value is -2.83. The monoisotopic (exact) mass is 326 g/mol. The van der Waals surface area contributed by atoms with Crippen molar-refractivity contribution in [3.05, 3.63) is 35.4 Å². The minimum atomic E-state index is -0.194. The maximum Gasteiger partial charge on any atom is 0.262 e. The van der Waals surface area contributed by atoms with Crippen LogP contribution in [-0.2, 0) is 22.4 Å². The number of rotatable bonds is 2. The molecule has 24 heavy (non-hydrogen) atoms. The molecule has 0 saturated heterocycles. The van der Waals surface area contributed by atoms with Crippen LogP contribution in [0.3, 0.4) is 0 Å². The van der Waals surface area contributed by atoms with Crippen molar-refractivity contribution in [2.75, 3.05) is 17.2 Å². The topological polar surface area (TPSA) is 96.1 Å². The van der Waals surface area contributed by atoms with E-state index in [4.69, 9.17) is 4.74 Å². The highest BCUT2D eigenvalue weighted by Gasteiger charge is 2.27. The standard InChI is InChI=1S/C17H18N4O3/c1-9-18-12-4-2-10(6-13(12)19-9)17(23)20-11-3-5-15-14(7-11)21-16(22)8-24-15/h3,5,7,10H,2,4,6,8H2,1H3,(H,18,19)(H,20,23)(H,21,22)/t10-/m0/s1. The van der Waals surface area contributed by atoms with Gasteiger partial charge in [-0.15, -0.1) is 0 Å². The first-order chi connectivity index (χ1) is 11.6. The first kappa shape index (κ1) is 14.7. The number of hydrogen-bond acceptors (Lipinski definition) is 4. The predicted molar refractivity (Wildman–Crippen MR) is 88.0 cm³/mol. The number of carbonyl (C=O) groups excluding carboxylic acids is 2. The van der Waals surface area contributed by atoms with Gasteiger partial charge < -0.3 is 20.4 Å². The number of anilines is 2. The van der Waals surface area contributed by atoms with Crippen LogP contribution in [0.5, 0.6) is 5.75 Å². The van der Waals surface area contributed by atoms with E-state index in [2.05, 4.69) is 20.6 Å². The Labute approximate surface area is 138 Å². The summed E-state index contributed by atoms with van der Waals surface area (Å²) < 4.78 is 5.32. The average Bonchev–Trinajstić information content (AvgIpc) is 2.93. The number of H-pyrrole nitrogens is 1. The molecule has 124 valence electrons. The molecular formula is C17H18N4O3. The van der Waals surface area contributed by atoms with Crippen LogP contribution in [0.4, 0.5) is 11.4 Å². The van der Waals surface area contributed by atoms with Crippen LogP contribution in [0.15, 0.2) is 18.2 Å². The van der Waals surface area contributed by atoms with E-state index in [0.29, 0.717) is 23.5 Å². The van der Waals surface area contributed by atoms with Gasteiger partial charge in [0.05, 0.1) is 11.4 Å². The molecule has 1 aromatic heterocycles. The quantitative estimate of drug-likeness (QED) is 0.784. The Balaban J connectivity index is 1.47. The summed E-state index contributed by atoms with van der Waals surface area (Å²) in [6, 6.07) is 5.25. The molecule has 2 aliphatic rings. The highest BCUT2D eigenvalue weighted by Crippen LogP contribution is 2.31. The fourth-order valence-electron chi connectivity index (χ4n) is 3.25. The van der Waals surface area contributed by atoms with Crippen molar-refractivity contribution in [2.24, 2.45) is 5.92 Å². The van der Waals surface area contributed by atoms with Crippen molar-refractivity contribution < 1.29 is 14.3 Å². The molecule has 1 aromatic carbocycles. The molecule has 0 unspecified atom stereocenters. The van der Waals surface area contributed by atoms with Gasteiger partial charge in [-0.05, 0) is 38.0 Å². The number of carbonyl (C=O) groups is 2. The zero-order chi connectivity index (χ0) is 16.7. The lowest BCUT2D eigenvalue weighted by Crippen LogP contribution is -2.28. The molecule has 4 rings (SSSR count). The smallest absolute Gasteiger partial charge is 0.262 e. The molecule has 3 N–H and O–H groups in total. The Kier molecular flexibility index (Phi) is 3.48. The van der Waals surface area contributed by atoms with Gasteiger partial charge >= 0.3 is 0 Å². The molecule has 0 spiro atoms. The van der Waals surface area contributed by atoms with Crippen LogP contribution in [0, 0.1) is 12.8 Å². The molecule has 2 aromatic rings. The number of ether oxygens (including phenoxy) is 1. The number of nitrogens with zero attached hydrogens (tertiary/aromatic N) is 1. The second-order valence-corrected chi connectivity index (χ2v) is 6.22. The second kappa shape index (κ2) is 5.67. The van der Waals surface area contributed by atoms with Crippen LogP contribution in [0.25, 0.3) is 0 Å². The fourth-order valence-corrected chi connectivity index (χ4v) is 3.25. The van der Waals surface area contributed by atoms with Crippen LogP contribution in [-0.4, -0.2) is 28.4 Å². The Bertz CT molecular complexity index is 827. The molecule has 7 nitrogen and oxygen atoms in total. The fraction of sp³-hybridized carbons (Fsp3) is 0.353. The lowest BCUT2D eigenvalue weighted by Gasteiger charge is -2.22. The van der Waals surface area contributed by atoms with Crippen LogP contribution < -0.4 is 15.4 Å². The number of aryl methyl sites for hydroxylation is 2. The lowest BCUT2D eigenvalue weighted by atomic mass is 9.89. The minimum absolute atomic E-state index is 0.0177. The Morgan fingerprint density at radius 3 is 3.17 bits per heavy atom. The molecule has 0 fully saturated rings. The van der Waals surface area contributed by atoms with Crippen LogP contribution >= 0.6 is 0 Å². The number of amides is 2. The molecule has 1 atom stereocenters. The highest BCUT2D eigenvalue weighted by molar-refractivity contribution is 5.98. The molecule has 1 aliphatic carbocycles. The highest BCUT2D eigenvalue weighted by atomic mass is 16.5. The number of benzene rings is 1. The van der Waals surface area contributed by atoms with Gasteiger partial charge in [0.15, 0.2) is 6.61 Å². The zero-order valence-corrected chi connectivity index (χ0v) is 13.3. The van der Waals surface area contributed by atoms with Crippen molar-refractivity contribution in [2.45, 2.75) is 26.2 Å². The molecular weight excluding hydrogens is 308 g/mol. The third kappa shape index (κ3) is 2.73. The number of imidazole rings is 1. The van der Waals surface area contributed by atoms with Crippen LogP contribution in [0.2, 0.25) is 0 Å². The van der Waals surface area contributed by atoms with Crippen molar-refractivity contribution in [3.63, 3.8) is 0 Å². The van der Waals surface area contributed by atoms with E-state index in [0.717, 1.165) is 30.1 Å². The first-order valence-electron chi connectivity index (χ1n) is 8.00. The van der Waals surface area contributed by atoms with E-state index in [-0.39, 0.29) is 24.3 Å². The maximum atomic E-state index is 12.6. The summed E-state index contributed by atoms with van der Waals surface area (Å²) in [6.45, 7) is 1.95. The van der Waals surface area contributed by atoms with Crippen molar-refractivity contribution in [3.8, 4) is 5.75 Å². The Morgan fingerprint density at radius 1 is 1.42 bits per heavy atom. The number of hydrogen-bond donors (Lipinski definition) is 3. The van der Waals surface area contributed by atoms with Crippen molar-refractivity contribution in [1.29, 1.82) is 0 Å². The SMILES string of the molecule is Cc1nc2c([nH]1)C[C@@H](C(=O)Nc1ccc3c(c1)NC(=O)CO3)CC2. The maximum absolute atomic E-state index is 12.6. The molecule has 2 heterocycles. The average molecular weight is 326 g/mol. The summed E-state index contributed by atoms with van der Waals surface area (Å²) in [6.07, 6.45) is 2.27. The predicted octanol–water partition coefficient (Wildman–Crippen LogP) is 1.79. The summed E-state index contributed by atoms with van der Waals surface area (Å²) in [4.78, 5) is 31.6. The minimum Gasteiger partial charge on any atom is -0.482 e. The first-order valence-corrected chi connectivity index (χ1v) is 8.00. The van der Waals surface area contributed by atoms with Gasteiger partial charge in [0.25, 0.3) is 5.91 Å². The third-order valence-electron chi connectivity index (χ3n) is 4.41. The van der Waals surface area contributed by atoms with Gasteiger partial charge in [-0.25, -0.2) is 4.98 Å². The van der Waals surface area contributed by atoms with Crippen molar-refractivity contribution >= 4 is 23.2 Å². The van der Waals surface area contributed by atoms with Gasteiger partial charge in [-0.3, -0.25) is 9.59 Å². The van der Waals surface area contributed by atoms with Gasteiger partial charge in [-0.2, -0.15) is 0 Å². The number of aromatic amines is 1. The van der Waals surface area contributed by atoms with Gasteiger partial charge in [0.1, 0.15) is 11.6 Å². The van der Waals surface area contributed by atoms with E-state index in [9.17, 15) is 9.59 Å².